The van der Waals surface area contributed by atoms with Gasteiger partial charge in [0.2, 0.25) is 0 Å². The van der Waals surface area contributed by atoms with E-state index in [0.29, 0.717) is 11.4 Å². The molecule has 0 heterocycles. The molecule has 0 saturated carbocycles. The van der Waals surface area contributed by atoms with Crippen molar-refractivity contribution in [1.82, 2.24) is 4.90 Å². The number of nitrogens with zero attached hydrogens (tertiary/aromatic N) is 1. The summed E-state index contributed by atoms with van der Waals surface area (Å²) in [5.41, 5.74) is 5.57. The quantitative estimate of drug-likeness (QED) is 0.825. The normalized spacial score (nSPS) is 11.7. The average molecular weight is 269 g/mol. The molecule has 3 N–H and O–H groups in total. The van der Waals surface area contributed by atoms with Gasteiger partial charge in [-0.3, -0.25) is 0 Å². The number of anilines is 1. The first kappa shape index (κ1) is 14.4. The first-order valence-electron chi connectivity index (χ1n) is 5.48. The number of halogens is 1. The third kappa shape index (κ3) is 3.96. The number of carbonyl (C=O) groups excluding carboxylic acids is 1. The molecule has 1 atom stereocenters. The second-order valence-electron chi connectivity index (χ2n) is 4.04. The Kier molecular flexibility index (Phi) is 5.03. The minimum atomic E-state index is -0.471. The highest BCUT2D eigenvalue weighted by molar-refractivity contribution is 7.80. The molecule has 0 saturated heterocycles. The highest BCUT2D eigenvalue weighted by Gasteiger charge is 2.17. The molecule has 0 radical (unpaired) electrons. The molecule has 1 unspecified atom stereocenters. The Bertz CT molecular complexity index is 453. The number of carbonyl (C=O) groups is 1. The van der Waals surface area contributed by atoms with Crippen molar-refractivity contribution >= 4 is 28.9 Å². The van der Waals surface area contributed by atoms with Gasteiger partial charge in [-0.05, 0) is 19.1 Å². The van der Waals surface area contributed by atoms with Crippen molar-refractivity contribution in [1.29, 1.82) is 0 Å². The van der Waals surface area contributed by atoms with E-state index in [9.17, 15) is 9.18 Å². The fraction of sp³-hybridized carbons (Fsp3) is 0.333. The van der Waals surface area contributed by atoms with Gasteiger partial charge in [0.05, 0.1) is 10.7 Å². The van der Waals surface area contributed by atoms with Gasteiger partial charge in [0.25, 0.3) is 0 Å². The van der Waals surface area contributed by atoms with Crippen molar-refractivity contribution < 1.29 is 9.18 Å². The lowest BCUT2D eigenvalue weighted by molar-refractivity contribution is 0.209. The molecule has 0 spiro atoms. The highest BCUT2D eigenvalue weighted by atomic mass is 32.1. The van der Waals surface area contributed by atoms with Crippen molar-refractivity contribution in [2.75, 3.05) is 12.4 Å². The third-order valence-electron chi connectivity index (χ3n) is 2.59. The Labute approximate surface area is 111 Å². The van der Waals surface area contributed by atoms with Gasteiger partial charge in [0.15, 0.2) is 0 Å². The van der Waals surface area contributed by atoms with E-state index in [0.717, 1.165) is 0 Å². The number of amides is 2. The molecule has 98 valence electrons. The maximum absolute atomic E-state index is 13.4. The van der Waals surface area contributed by atoms with Crippen LogP contribution in [0.1, 0.15) is 13.3 Å². The molecular weight excluding hydrogens is 253 g/mol. The van der Waals surface area contributed by atoms with Crippen LogP contribution in [0.2, 0.25) is 0 Å². The lowest BCUT2D eigenvalue weighted by Crippen LogP contribution is -2.40. The second kappa shape index (κ2) is 6.30. The fourth-order valence-electron chi connectivity index (χ4n) is 1.39. The van der Waals surface area contributed by atoms with Crippen molar-refractivity contribution in [3.8, 4) is 0 Å². The van der Waals surface area contributed by atoms with E-state index >= 15 is 0 Å². The van der Waals surface area contributed by atoms with Gasteiger partial charge >= 0.3 is 6.03 Å². The van der Waals surface area contributed by atoms with Gasteiger partial charge in [0.1, 0.15) is 5.82 Å². The zero-order valence-electron chi connectivity index (χ0n) is 10.3. The van der Waals surface area contributed by atoms with Gasteiger partial charge in [-0.1, -0.05) is 24.4 Å². The van der Waals surface area contributed by atoms with Crippen LogP contribution in [0, 0.1) is 5.82 Å². The number of nitrogens with one attached hydrogen (secondary N) is 1. The lowest BCUT2D eigenvalue weighted by Gasteiger charge is -2.24. The first-order valence-corrected chi connectivity index (χ1v) is 5.89. The number of benzene rings is 1. The number of rotatable bonds is 4. The summed E-state index contributed by atoms with van der Waals surface area (Å²) in [7, 11) is 1.61. The molecule has 0 bridgehead atoms. The van der Waals surface area contributed by atoms with Gasteiger partial charge in [-0.2, -0.15) is 0 Å². The van der Waals surface area contributed by atoms with Gasteiger partial charge in [0, 0.05) is 19.5 Å². The van der Waals surface area contributed by atoms with E-state index < -0.39 is 11.8 Å². The van der Waals surface area contributed by atoms with Gasteiger partial charge < -0.3 is 16.0 Å². The fourth-order valence-corrected chi connectivity index (χ4v) is 1.64. The summed E-state index contributed by atoms with van der Waals surface area (Å²) in [6.45, 7) is 1.82. The van der Waals surface area contributed by atoms with Crippen LogP contribution in [0.15, 0.2) is 24.3 Å². The van der Waals surface area contributed by atoms with Crippen LogP contribution >= 0.6 is 12.2 Å². The molecule has 2 amide bonds. The molecule has 1 aromatic rings. The van der Waals surface area contributed by atoms with Gasteiger partial charge in [-0.15, -0.1) is 0 Å². The van der Waals surface area contributed by atoms with Crippen LogP contribution in [-0.4, -0.2) is 29.0 Å². The smallest absolute Gasteiger partial charge is 0.321 e. The van der Waals surface area contributed by atoms with Crippen molar-refractivity contribution in [3.05, 3.63) is 30.1 Å². The van der Waals surface area contributed by atoms with Crippen LogP contribution in [0.3, 0.4) is 0 Å². The Balaban J connectivity index is 2.65. The molecule has 1 rings (SSSR count). The summed E-state index contributed by atoms with van der Waals surface area (Å²) in [4.78, 5) is 13.6. The molecule has 1 aromatic carbocycles. The molecule has 0 aliphatic carbocycles. The van der Waals surface area contributed by atoms with Crippen molar-refractivity contribution in [3.63, 3.8) is 0 Å². The zero-order valence-corrected chi connectivity index (χ0v) is 11.1. The molecule has 0 aromatic heterocycles. The van der Waals surface area contributed by atoms with Crippen LogP contribution < -0.4 is 11.1 Å². The number of thiocarbonyl (C=S) groups is 1. The van der Waals surface area contributed by atoms with E-state index in [2.05, 4.69) is 5.32 Å². The molecule has 0 aliphatic rings. The number of nitrogens with two attached hydrogens (primary N) is 1. The van der Waals surface area contributed by atoms with Crippen LogP contribution in [-0.2, 0) is 0 Å². The monoisotopic (exact) mass is 269 g/mol. The number of hydrogen-bond acceptors (Lipinski definition) is 2. The Hall–Kier alpha value is -1.69. The second-order valence-corrected chi connectivity index (χ2v) is 4.56. The Morgan fingerprint density at radius 3 is 2.72 bits per heavy atom. The number of urea groups is 1. The maximum atomic E-state index is 13.4. The van der Waals surface area contributed by atoms with E-state index in [1.54, 1.807) is 19.2 Å². The van der Waals surface area contributed by atoms with Crippen LogP contribution in [0.25, 0.3) is 0 Å². The number of hydrogen-bond donors (Lipinski definition) is 2. The van der Waals surface area contributed by atoms with E-state index in [4.69, 9.17) is 18.0 Å². The topological polar surface area (TPSA) is 58.4 Å². The van der Waals surface area contributed by atoms with Crippen LogP contribution in [0.4, 0.5) is 14.9 Å². The predicted molar refractivity (Wildman–Crippen MR) is 74.0 cm³/mol. The van der Waals surface area contributed by atoms with Crippen molar-refractivity contribution in [2.45, 2.75) is 19.4 Å². The summed E-state index contributed by atoms with van der Waals surface area (Å²) < 4.78 is 13.4. The average Bonchev–Trinajstić information content (AvgIpc) is 2.30. The third-order valence-corrected chi connectivity index (χ3v) is 2.76. The summed E-state index contributed by atoms with van der Waals surface area (Å²) >= 11 is 4.79. The Morgan fingerprint density at radius 1 is 1.56 bits per heavy atom. The van der Waals surface area contributed by atoms with E-state index in [-0.39, 0.29) is 11.7 Å². The van der Waals surface area contributed by atoms with Crippen LogP contribution in [0.5, 0.6) is 0 Å². The molecular formula is C12H16FN3OS. The standard InChI is InChI=1S/C12H16FN3OS/c1-8(7-11(14)18)16(2)12(17)15-10-6-4-3-5-9(10)13/h3-6,8H,7H2,1-2H3,(H2,14,18)(H,15,17). The lowest BCUT2D eigenvalue weighted by atomic mass is 10.2. The predicted octanol–water partition coefficient (Wildman–Crippen LogP) is 2.35. The van der Waals surface area contributed by atoms with E-state index in [1.807, 2.05) is 6.92 Å². The van der Waals surface area contributed by atoms with Gasteiger partial charge in [-0.25, -0.2) is 9.18 Å². The summed E-state index contributed by atoms with van der Waals surface area (Å²) in [6.07, 6.45) is 0.427. The Morgan fingerprint density at radius 2 is 2.17 bits per heavy atom. The largest absolute Gasteiger partial charge is 0.393 e. The SMILES string of the molecule is CC(CC(N)=S)N(C)C(=O)Nc1ccccc1F. The first-order chi connectivity index (χ1) is 8.41. The summed E-state index contributed by atoms with van der Waals surface area (Å²) in [5, 5.41) is 2.49. The minimum Gasteiger partial charge on any atom is -0.393 e. The summed E-state index contributed by atoms with van der Waals surface area (Å²) in [6, 6.07) is 5.45. The maximum Gasteiger partial charge on any atom is 0.321 e. The molecule has 0 fully saturated rings. The summed E-state index contributed by atoms with van der Waals surface area (Å²) in [5.74, 6) is -0.471. The molecule has 6 heteroatoms. The van der Waals surface area contributed by atoms with Crippen molar-refractivity contribution in [2.24, 2.45) is 5.73 Å². The molecule has 4 nitrogen and oxygen atoms in total. The number of para-hydroxylation sites is 1. The zero-order chi connectivity index (χ0) is 13.7. The molecule has 0 aliphatic heterocycles. The van der Waals surface area contributed by atoms with E-state index in [1.165, 1.54) is 17.0 Å². The highest BCUT2D eigenvalue weighted by Crippen LogP contribution is 2.13. The molecule has 18 heavy (non-hydrogen) atoms. The minimum absolute atomic E-state index is 0.144.